The number of nitrogens with one attached hydrogen (secondary N) is 2. The van der Waals surface area contributed by atoms with Crippen LogP contribution in [0.5, 0.6) is 5.75 Å². The lowest BCUT2D eigenvalue weighted by Crippen LogP contribution is -2.18. The van der Waals surface area contributed by atoms with Crippen molar-refractivity contribution in [1.82, 2.24) is 5.43 Å². The molecule has 2 amide bonds. The first-order valence-corrected chi connectivity index (χ1v) is 9.47. The van der Waals surface area contributed by atoms with E-state index >= 15 is 0 Å². The van der Waals surface area contributed by atoms with Gasteiger partial charge in [-0.05, 0) is 67.8 Å². The molecule has 2 rings (SSSR count). The summed E-state index contributed by atoms with van der Waals surface area (Å²) in [6, 6.07) is 12.7. The summed E-state index contributed by atoms with van der Waals surface area (Å²) < 4.78 is 5.36. The Labute approximate surface area is 169 Å². The molecule has 2 aromatic carbocycles. The molecule has 6 nitrogen and oxygen atoms in total. The van der Waals surface area contributed by atoms with E-state index in [0.29, 0.717) is 23.7 Å². The van der Waals surface area contributed by atoms with Crippen LogP contribution in [-0.4, -0.2) is 24.6 Å². The van der Waals surface area contributed by atoms with Crippen LogP contribution in [0, 0.1) is 6.92 Å². The zero-order chi connectivity index (χ0) is 20.4. The Balaban J connectivity index is 1.69. The summed E-state index contributed by atoms with van der Waals surface area (Å²) in [5, 5.41) is 7.33. The zero-order valence-corrected chi connectivity index (χ0v) is 16.8. The third-order valence-electron chi connectivity index (χ3n) is 3.94. The predicted molar refractivity (Wildman–Crippen MR) is 112 cm³/mol. The van der Waals surface area contributed by atoms with Gasteiger partial charge in [-0.3, -0.25) is 9.59 Å². The molecule has 0 atom stereocenters. The fourth-order valence-electron chi connectivity index (χ4n) is 2.42. The number of halogens is 1. The number of carbonyl (C=O) groups is 2. The van der Waals surface area contributed by atoms with Gasteiger partial charge in [0.25, 0.3) is 0 Å². The van der Waals surface area contributed by atoms with Crippen molar-refractivity contribution >= 4 is 35.3 Å². The lowest BCUT2D eigenvalue weighted by Gasteiger charge is -2.09. The van der Waals surface area contributed by atoms with Crippen molar-refractivity contribution in [3.8, 4) is 5.75 Å². The molecule has 0 radical (unpaired) electrons. The number of hydrazone groups is 1. The van der Waals surface area contributed by atoms with E-state index in [0.717, 1.165) is 16.9 Å². The van der Waals surface area contributed by atoms with Crippen molar-refractivity contribution in [2.24, 2.45) is 5.10 Å². The molecule has 0 spiro atoms. The molecular formula is C21H24ClN3O3. The second-order valence-electron chi connectivity index (χ2n) is 6.11. The molecule has 0 heterocycles. The second kappa shape index (κ2) is 11.1. The Bertz CT molecular complexity index is 835. The molecule has 0 aromatic heterocycles. The van der Waals surface area contributed by atoms with Gasteiger partial charge in [0.1, 0.15) is 5.75 Å². The standard InChI is InChI=1S/C21H24ClN3O3/c1-3-28-17-12-10-16(11-13-17)14-23-25-21(27)9-5-8-20(26)24-19-7-4-6-18(22)15(19)2/h4,6-7,10-14H,3,5,8-9H2,1-2H3,(H,24,26)(H,25,27)/b23-14-. The largest absolute Gasteiger partial charge is 0.494 e. The summed E-state index contributed by atoms with van der Waals surface area (Å²) in [6.07, 6.45) is 2.43. The minimum Gasteiger partial charge on any atom is -0.494 e. The Hall–Kier alpha value is -2.86. The number of amides is 2. The predicted octanol–water partition coefficient (Wildman–Crippen LogP) is 4.31. The van der Waals surface area contributed by atoms with Crippen LogP contribution >= 0.6 is 11.6 Å². The number of benzene rings is 2. The normalized spacial score (nSPS) is 10.7. The van der Waals surface area contributed by atoms with Crippen molar-refractivity contribution in [3.05, 3.63) is 58.6 Å². The molecule has 148 valence electrons. The number of carbonyl (C=O) groups excluding carboxylic acids is 2. The van der Waals surface area contributed by atoms with Gasteiger partial charge in [-0.2, -0.15) is 5.10 Å². The smallest absolute Gasteiger partial charge is 0.240 e. The molecule has 0 fully saturated rings. The van der Waals surface area contributed by atoms with E-state index < -0.39 is 0 Å². The third kappa shape index (κ3) is 7.04. The summed E-state index contributed by atoms with van der Waals surface area (Å²) in [5.74, 6) is 0.389. The van der Waals surface area contributed by atoms with Gasteiger partial charge in [0.05, 0.1) is 12.8 Å². The monoisotopic (exact) mass is 401 g/mol. The van der Waals surface area contributed by atoms with Crippen LogP contribution in [0.3, 0.4) is 0 Å². The first-order valence-electron chi connectivity index (χ1n) is 9.09. The van der Waals surface area contributed by atoms with Crippen molar-refractivity contribution < 1.29 is 14.3 Å². The molecule has 0 saturated heterocycles. The lowest BCUT2D eigenvalue weighted by molar-refractivity contribution is -0.121. The highest BCUT2D eigenvalue weighted by Gasteiger charge is 2.08. The highest BCUT2D eigenvalue weighted by Crippen LogP contribution is 2.23. The molecule has 0 aliphatic heterocycles. The van der Waals surface area contributed by atoms with Gasteiger partial charge in [-0.1, -0.05) is 17.7 Å². The Morgan fingerprint density at radius 1 is 1.11 bits per heavy atom. The number of hydrogen-bond donors (Lipinski definition) is 2. The van der Waals surface area contributed by atoms with E-state index in [1.165, 1.54) is 0 Å². The summed E-state index contributed by atoms with van der Waals surface area (Å²) in [4.78, 5) is 23.8. The Kier molecular flexibility index (Phi) is 8.49. The van der Waals surface area contributed by atoms with Crippen molar-refractivity contribution in [2.45, 2.75) is 33.1 Å². The number of nitrogens with zero attached hydrogens (tertiary/aromatic N) is 1. The topological polar surface area (TPSA) is 79.8 Å². The molecule has 28 heavy (non-hydrogen) atoms. The van der Waals surface area contributed by atoms with Crippen molar-refractivity contribution in [2.75, 3.05) is 11.9 Å². The lowest BCUT2D eigenvalue weighted by atomic mass is 10.2. The van der Waals surface area contributed by atoms with E-state index in [4.69, 9.17) is 16.3 Å². The van der Waals surface area contributed by atoms with Crippen molar-refractivity contribution in [1.29, 1.82) is 0 Å². The van der Waals surface area contributed by atoms with Gasteiger partial charge >= 0.3 is 0 Å². The Morgan fingerprint density at radius 3 is 2.54 bits per heavy atom. The van der Waals surface area contributed by atoms with E-state index in [-0.39, 0.29) is 24.7 Å². The van der Waals surface area contributed by atoms with Crippen LogP contribution < -0.4 is 15.5 Å². The van der Waals surface area contributed by atoms with Crippen LogP contribution in [0.4, 0.5) is 5.69 Å². The molecule has 0 saturated carbocycles. The first kappa shape index (κ1) is 21.4. The van der Waals surface area contributed by atoms with E-state index in [9.17, 15) is 9.59 Å². The average molecular weight is 402 g/mol. The molecule has 0 bridgehead atoms. The van der Waals surface area contributed by atoms with Gasteiger partial charge in [-0.25, -0.2) is 5.43 Å². The number of anilines is 1. The van der Waals surface area contributed by atoms with Crippen LogP contribution in [0.2, 0.25) is 5.02 Å². The Morgan fingerprint density at radius 2 is 1.82 bits per heavy atom. The van der Waals surface area contributed by atoms with E-state index in [1.807, 2.05) is 38.1 Å². The van der Waals surface area contributed by atoms with Gasteiger partial charge in [-0.15, -0.1) is 0 Å². The summed E-state index contributed by atoms with van der Waals surface area (Å²) in [5.41, 5.74) is 4.81. The molecule has 0 aliphatic carbocycles. The summed E-state index contributed by atoms with van der Waals surface area (Å²) in [6.45, 7) is 4.38. The molecule has 2 aromatic rings. The minimum atomic E-state index is -0.242. The number of rotatable bonds is 9. The zero-order valence-electron chi connectivity index (χ0n) is 16.0. The molecule has 7 heteroatoms. The number of ether oxygens (including phenoxy) is 1. The fourth-order valence-corrected chi connectivity index (χ4v) is 2.59. The SMILES string of the molecule is CCOc1ccc(/C=N\NC(=O)CCCC(=O)Nc2cccc(Cl)c2C)cc1. The maximum Gasteiger partial charge on any atom is 0.240 e. The quantitative estimate of drug-likeness (QED) is 0.485. The first-order chi connectivity index (χ1) is 13.5. The summed E-state index contributed by atoms with van der Waals surface area (Å²) in [7, 11) is 0. The molecular weight excluding hydrogens is 378 g/mol. The maximum absolute atomic E-state index is 12.0. The molecule has 0 aliphatic rings. The second-order valence-corrected chi connectivity index (χ2v) is 6.52. The van der Waals surface area contributed by atoms with E-state index in [1.54, 1.807) is 24.4 Å². The van der Waals surface area contributed by atoms with Crippen LogP contribution in [0.1, 0.15) is 37.3 Å². The third-order valence-corrected chi connectivity index (χ3v) is 4.35. The number of hydrogen-bond acceptors (Lipinski definition) is 4. The van der Waals surface area contributed by atoms with E-state index in [2.05, 4.69) is 15.8 Å². The van der Waals surface area contributed by atoms with Crippen molar-refractivity contribution in [3.63, 3.8) is 0 Å². The van der Waals surface area contributed by atoms with Crippen LogP contribution in [-0.2, 0) is 9.59 Å². The highest BCUT2D eigenvalue weighted by molar-refractivity contribution is 6.31. The average Bonchev–Trinajstić information content (AvgIpc) is 2.67. The molecule has 0 unspecified atom stereocenters. The molecule has 2 N–H and O–H groups in total. The summed E-state index contributed by atoms with van der Waals surface area (Å²) >= 11 is 6.03. The highest BCUT2D eigenvalue weighted by atomic mass is 35.5. The fraction of sp³-hybridized carbons (Fsp3) is 0.286. The minimum absolute atomic E-state index is 0.156. The van der Waals surface area contributed by atoms with Crippen LogP contribution in [0.15, 0.2) is 47.6 Å². The van der Waals surface area contributed by atoms with Gasteiger partial charge in [0.2, 0.25) is 11.8 Å². The van der Waals surface area contributed by atoms with Crippen LogP contribution in [0.25, 0.3) is 0 Å². The van der Waals surface area contributed by atoms with Gasteiger partial charge in [0, 0.05) is 23.6 Å². The maximum atomic E-state index is 12.0. The van der Waals surface area contributed by atoms with Gasteiger partial charge < -0.3 is 10.1 Å². The van der Waals surface area contributed by atoms with Gasteiger partial charge in [0.15, 0.2) is 0 Å².